The van der Waals surface area contributed by atoms with Gasteiger partial charge in [-0.05, 0) is 26.2 Å². The highest BCUT2D eigenvalue weighted by molar-refractivity contribution is 5.94. The lowest BCUT2D eigenvalue weighted by atomic mass is 9.98. The van der Waals surface area contributed by atoms with E-state index in [1.54, 1.807) is 34.1 Å². The predicted octanol–water partition coefficient (Wildman–Crippen LogP) is 0.528. The van der Waals surface area contributed by atoms with E-state index >= 15 is 0 Å². The Balaban J connectivity index is 1.73. The molecule has 3 rings (SSSR count). The van der Waals surface area contributed by atoms with Crippen LogP contribution in [0.4, 0.5) is 0 Å². The summed E-state index contributed by atoms with van der Waals surface area (Å²) < 4.78 is 7.63. The smallest absolute Gasteiger partial charge is 0.255 e. The van der Waals surface area contributed by atoms with Crippen LogP contribution in [0.3, 0.4) is 0 Å². The van der Waals surface area contributed by atoms with Crippen LogP contribution in [0.15, 0.2) is 24.5 Å². The quantitative estimate of drug-likeness (QED) is 0.712. The zero-order valence-corrected chi connectivity index (χ0v) is 14.9. The van der Waals surface area contributed by atoms with Crippen LogP contribution in [0, 0.1) is 0 Å². The first-order valence-corrected chi connectivity index (χ1v) is 8.36. The average molecular weight is 344 g/mol. The molecule has 1 aliphatic heterocycles. The number of hydrogen-bond donors (Lipinski definition) is 0. The van der Waals surface area contributed by atoms with Crippen molar-refractivity contribution in [3.8, 4) is 0 Å². The molecule has 25 heavy (non-hydrogen) atoms. The molecule has 0 N–H and O–H groups in total. The molecular weight excluding hydrogens is 320 g/mol. The van der Waals surface area contributed by atoms with Gasteiger partial charge in [0.25, 0.3) is 5.91 Å². The Morgan fingerprint density at radius 3 is 3.00 bits per heavy atom. The van der Waals surface area contributed by atoms with Gasteiger partial charge in [0.15, 0.2) is 0 Å². The van der Waals surface area contributed by atoms with Crippen LogP contribution in [-0.4, -0.2) is 76.1 Å². The van der Waals surface area contributed by atoms with E-state index < -0.39 is 0 Å². The van der Waals surface area contributed by atoms with Gasteiger partial charge in [0.1, 0.15) is 5.69 Å². The van der Waals surface area contributed by atoms with E-state index in [0.717, 1.165) is 17.9 Å². The molecule has 2 aromatic heterocycles. The fourth-order valence-electron chi connectivity index (χ4n) is 3.05. The second-order valence-corrected chi connectivity index (χ2v) is 6.55. The van der Waals surface area contributed by atoms with Crippen molar-refractivity contribution >= 4 is 5.91 Å². The fraction of sp³-hybridized carbons (Fsp3) is 0.529. The van der Waals surface area contributed by atoms with Crippen LogP contribution < -0.4 is 0 Å². The summed E-state index contributed by atoms with van der Waals surface area (Å²) in [6.45, 7) is 3.11. The number of aromatic nitrogens is 4. The lowest BCUT2D eigenvalue weighted by molar-refractivity contribution is 0.0613. The van der Waals surface area contributed by atoms with Gasteiger partial charge in [0, 0.05) is 38.4 Å². The second-order valence-electron chi connectivity index (χ2n) is 6.55. The van der Waals surface area contributed by atoms with Crippen molar-refractivity contribution in [1.29, 1.82) is 0 Å². The summed E-state index contributed by atoms with van der Waals surface area (Å²) >= 11 is 0. The molecule has 1 atom stereocenters. The highest BCUT2D eigenvalue weighted by Crippen LogP contribution is 2.27. The Kier molecular flexibility index (Phi) is 5.40. The molecule has 0 saturated carbocycles. The van der Waals surface area contributed by atoms with Crippen molar-refractivity contribution in [2.45, 2.75) is 12.5 Å². The highest BCUT2D eigenvalue weighted by Gasteiger charge is 2.32. The Labute approximate surface area is 147 Å². The van der Waals surface area contributed by atoms with Crippen molar-refractivity contribution in [2.24, 2.45) is 7.05 Å². The molecule has 0 saturated heterocycles. The van der Waals surface area contributed by atoms with Crippen LogP contribution in [0.25, 0.3) is 0 Å². The molecule has 0 radical (unpaired) electrons. The van der Waals surface area contributed by atoms with E-state index in [1.165, 1.54) is 0 Å². The van der Waals surface area contributed by atoms with E-state index in [4.69, 9.17) is 4.74 Å². The molecule has 8 heteroatoms. The van der Waals surface area contributed by atoms with Crippen LogP contribution in [-0.2, 0) is 18.3 Å². The molecule has 3 heterocycles. The maximum atomic E-state index is 12.8. The van der Waals surface area contributed by atoms with Crippen molar-refractivity contribution in [3.63, 3.8) is 0 Å². The molecule has 0 bridgehead atoms. The average Bonchev–Trinajstić information content (AvgIpc) is 2.99. The third kappa shape index (κ3) is 4.02. The summed E-state index contributed by atoms with van der Waals surface area (Å²) in [4.78, 5) is 20.7. The Morgan fingerprint density at radius 2 is 2.28 bits per heavy atom. The Morgan fingerprint density at radius 1 is 1.44 bits per heavy atom. The topological polar surface area (TPSA) is 76.4 Å². The Bertz CT molecular complexity index is 715. The zero-order valence-electron chi connectivity index (χ0n) is 14.9. The van der Waals surface area contributed by atoms with Gasteiger partial charge in [-0.3, -0.25) is 14.5 Å². The fourth-order valence-corrected chi connectivity index (χ4v) is 3.05. The lowest BCUT2D eigenvalue weighted by Crippen LogP contribution is -2.40. The molecular formula is C17H24N6O2. The minimum absolute atomic E-state index is 0.0392. The number of nitrogens with zero attached hydrogens (tertiary/aromatic N) is 6. The summed E-state index contributed by atoms with van der Waals surface area (Å²) in [6, 6.07) is 3.55. The van der Waals surface area contributed by atoms with Crippen LogP contribution >= 0.6 is 0 Å². The minimum Gasteiger partial charge on any atom is -0.379 e. The van der Waals surface area contributed by atoms with Gasteiger partial charge >= 0.3 is 0 Å². The van der Waals surface area contributed by atoms with E-state index in [9.17, 15) is 4.79 Å². The summed E-state index contributed by atoms with van der Waals surface area (Å²) in [5.41, 5.74) is 2.48. The third-order valence-corrected chi connectivity index (χ3v) is 4.31. The first-order chi connectivity index (χ1) is 12.1. The monoisotopic (exact) mass is 344 g/mol. The number of pyridine rings is 1. The van der Waals surface area contributed by atoms with E-state index in [2.05, 4.69) is 20.2 Å². The maximum Gasteiger partial charge on any atom is 0.255 e. The second kappa shape index (κ2) is 7.71. The predicted molar refractivity (Wildman–Crippen MR) is 92.1 cm³/mol. The molecule has 2 aromatic rings. The number of likely N-dealkylation sites (N-methyl/N-ethyl adjacent to an activating group) is 1. The van der Waals surface area contributed by atoms with E-state index in [1.807, 2.05) is 21.1 Å². The van der Waals surface area contributed by atoms with Gasteiger partial charge in [-0.1, -0.05) is 5.21 Å². The largest absolute Gasteiger partial charge is 0.379 e. The summed E-state index contributed by atoms with van der Waals surface area (Å²) in [7, 11) is 5.92. The van der Waals surface area contributed by atoms with Crippen molar-refractivity contribution in [3.05, 3.63) is 41.5 Å². The third-order valence-electron chi connectivity index (χ3n) is 4.31. The van der Waals surface area contributed by atoms with Crippen LogP contribution in [0.5, 0.6) is 0 Å². The maximum absolute atomic E-state index is 12.8. The van der Waals surface area contributed by atoms with Crippen molar-refractivity contribution in [2.75, 3.05) is 40.4 Å². The first kappa shape index (κ1) is 17.5. The van der Waals surface area contributed by atoms with Crippen molar-refractivity contribution in [1.82, 2.24) is 29.8 Å². The number of fused-ring (bicyclic) bond motifs is 1. The van der Waals surface area contributed by atoms with Crippen LogP contribution in [0.1, 0.15) is 27.7 Å². The van der Waals surface area contributed by atoms with E-state index in [0.29, 0.717) is 31.9 Å². The van der Waals surface area contributed by atoms with Crippen LogP contribution in [0.2, 0.25) is 0 Å². The molecule has 1 amide bonds. The van der Waals surface area contributed by atoms with Gasteiger partial charge in [0.2, 0.25) is 0 Å². The first-order valence-electron chi connectivity index (χ1n) is 8.36. The standard InChI is InChI=1S/C17H24N6O2/c1-21(2)7-8-25-12-14-10-23(11-15-16(14)22(3)20-19-15)17(24)13-5-4-6-18-9-13/h4-6,9,14H,7-8,10-12H2,1-3H3. The minimum atomic E-state index is -0.0392. The SMILES string of the molecule is CN(C)CCOCC1CN(C(=O)c2cccnc2)Cc2nnn(C)c21. The van der Waals surface area contributed by atoms with Gasteiger partial charge in [-0.15, -0.1) is 5.10 Å². The Hall–Kier alpha value is -2.32. The molecule has 0 spiro atoms. The van der Waals surface area contributed by atoms with Gasteiger partial charge < -0.3 is 14.5 Å². The molecule has 134 valence electrons. The number of rotatable bonds is 6. The molecule has 1 unspecified atom stereocenters. The van der Waals surface area contributed by atoms with Gasteiger partial charge in [-0.25, -0.2) is 0 Å². The number of amides is 1. The van der Waals surface area contributed by atoms with Gasteiger partial charge in [0.05, 0.1) is 31.0 Å². The van der Waals surface area contributed by atoms with E-state index in [-0.39, 0.29) is 11.8 Å². The number of carbonyl (C=O) groups is 1. The summed E-state index contributed by atoms with van der Waals surface area (Å²) in [6.07, 6.45) is 3.26. The highest BCUT2D eigenvalue weighted by atomic mass is 16.5. The number of ether oxygens (including phenoxy) is 1. The molecule has 8 nitrogen and oxygen atoms in total. The molecule has 0 aromatic carbocycles. The molecule has 1 aliphatic rings. The summed E-state index contributed by atoms with van der Waals surface area (Å²) in [5, 5.41) is 8.35. The molecule has 0 fully saturated rings. The lowest BCUT2D eigenvalue weighted by Gasteiger charge is -2.32. The van der Waals surface area contributed by atoms with Crippen molar-refractivity contribution < 1.29 is 9.53 Å². The summed E-state index contributed by atoms with van der Waals surface area (Å²) in [5.74, 6) is 0.0224. The number of aryl methyl sites for hydroxylation is 1. The normalized spacial score (nSPS) is 17.0. The number of hydrogen-bond acceptors (Lipinski definition) is 6. The van der Waals surface area contributed by atoms with Gasteiger partial charge in [-0.2, -0.15) is 0 Å². The number of carbonyl (C=O) groups excluding carboxylic acids is 1. The zero-order chi connectivity index (χ0) is 17.8. The molecule has 0 aliphatic carbocycles.